The van der Waals surface area contributed by atoms with E-state index in [-0.39, 0.29) is 11.8 Å². The van der Waals surface area contributed by atoms with Crippen LogP contribution in [0.15, 0.2) is 48.5 Å². The number of ether oxygens (including phenoxy) is 1. The Labute approximate surface area is 142 Å². The van der Waals surface area contributed by atoms with Crippen molar-refractivity contribution in [3.8, 4) is 5.75 Å². The highest BCUT2D eigenvalue weighted by molar-refractivity contribution is 5.98. The monoisotopic (exact) mass is 326 g/mol. The van der Waals surface area contributed by atoms with Crippen LogP contribution in [-0.4, -0.2) is 24.5 Å². The molecule has 126 valence electrons. The summed E-state index contributed by atoms with van der Waals surface area (Å²) in [5.41, 5.74) is 2.03. The van der Waals surface area contributed by atoms with Crippen molar-refractivity contribution in [2.45, 2.75) is 26.9 Å². The van der Waals surface area contributed by atoms with Gasteiger partial charge < -0.3 is 15.4 Å². The fraction of sp³-hybridized carbons (Fsp3) is 0.263. The van der Waals surface area contributed by atoms with Crippen molar-refractivity contribution in [1.29, 1.82) is 0 Å². The van der Waals surface area contributed by atoms with E-state index in [1.807, 2.05) is 38.1 Å². The number of carbonyl (C=O) groups excluding carboxylic acids is 2. The van der Waals surface area contributed by atoms with Crippen molar-refractivity contribution in [1.82, 2.24) is 5.32 Å². The van der Waals surface area contributed by atoms with E-state index in [9.17, 15) is 9.59 Å². The summed E-state index contributed by atoms with van der Waals surface area (Å²) in [6, 6.07) is 14.3. The van der Waals surface area contributed by atoms with Crippen LogP contribution in [0.3, 0.4) is 0 Å². The molecule has 0 spiro atoms. The number of carbonyl (C=O) groups is 2. The molecule has 2 rings (SSSR count). The van der Waals surface area contributed by atoms with Gasteiger partial charge in [-0.05, 0) is 50.6 Å². The Kier molecular flexibility index (Phi) is 5.95. The number of hydrogen-bond donors (Lipinski definition) is 2. The summed E-state index contributed by atoms with van der Waals surface area (Å²) < 4.78 is 5.70. The number of hydrogen-bond acceptors (Lipinski definition) is 3. The summed E-state index contributed by atoms with van der Waals surface area (Å²) in [6.45, 7) is 6.02. The van der Waals surface area contributed by atoms with Gasteiger partial charge in [0.15, 0.2) is 6.10 Å². The van der Waals surface area contributed by atoms with Gasteiger partial charge in [0.2, 0.25) is 0 Å². The zero-order valence-corrected chi connectivity index (χ0v) is 14.1. The van der Waals surface area contributed by atoms with Crippen molar-refractivity contribution in [2.24, 2.45) is 0 Å². The van der Waals surface area contributed by atoms with Crippen LogP contribution in [0.1, 0.15) is 29.8 Å². The van der Waals surface area contributed by atoms with E-state index in [2.05, 4.69) is 10.6 Å². The SMILES string of the molecule is CCNC(=O)c1cccc(NC(=O)C(C)Oc2ccccc2C)c1. The Balaban J connectivity index is 2.02. The minimum Gasteiger partial charge on any atom is -0.481 e. The summed E-state index contributed by atoms with van der Waals surface area (Å²) in [4.78, 5) is 24.1. The van der Waals surface area contributed by atoms with E-state index in [1.165, 1.54) is 0 Å². The molecule has 5 heteroatoms. The van der Waals surface area contributed by atoms with Crippen LogP contribution in [0.2, 0.25) is 0 Å². The third kappa shape index (κ3) is 4.59. The molecule has 1 atom stereocenters. The molecule has 0 aliphatic carbocycles. The number of anilines is 1. The van der Waals surface area contributed by atoms with Gasteiger partial charge in [0.1, 0.15) is 5.75 Å². The molecular weight excluding hydrogens is 304 g/mol. The summed E-state index contributed by atoms with van der Waals surface area (Å²) in [5, 5.41) is 5.50. The molecule has 2 aromatic carbocycles. The Morgan fingerprint density at radius 1 is 1.12 bits per heavy atom. The van der Waals surface area contributed by atoms with Gasteiger partial charge in [0, 0.05) is 17.8 Å². The van der Waals surface area contributed by atoms with E-state index in [4.69, 9.17) is 4.74 Å². The minimum atomic E-state index is -0.653. The van der Waals surface area contributed by atoms with Gasteiger partial charge >= 0.3 is 0 Å². The van der Waals surface area contributed by atoms with E-state index in [0.29, 0.717) is 23.5 Å². The first-order valence-electron chi connectivity index (χ1n) is 7.92. The molecule has 0 fully saturated rings. The standard InChI is InChI=1S/C19H22N2O3/c1-4-20-19(23)15-9-7-10-16(12-15)21-18(22)14(3)24-17-11-6-5-8-13(17)2/h5-12,14H,4H2,1-3H3,(H,20,23)(H,21,22). The molecule has 5 nitrogen and oxygen atoms in total. The quantitative estimate of drug-likeness (QED) is 0.857. The van der Waals surface area contributed by atoms with Crippen LogP contribution in [0.4, 0.5) is 5.69 Å². The van der Waals surface area contributed by atoms with E-state index < -0.39 is 6.10 Å². The maximum absolute atomic E-state index is 12.3. The average Bonchev–Trinajstić information content (AvgIpc) is 2.57. The number of rotatable bonds is 6. The number of benzene rings is 2. The smallest absolute Gasteiger partial charge is 0.265 e. The molecule has 0 saturated carbocycles. The molecule has 0 saturated heterocycles. The second kappa shape index (κ2) is 8.15. The second-order valence-corrected chi connectivity index (χ2v) is 5.46. The van der Waals surface area contributed by atoms with Gasteiger partial charge in [0.05, 0.1) is 0 Å². The lowest BCUT2D eigenvalue weighted by molar-refractivity contribution is -0.122. The normalized spacial score (nSPS) is 11.5. The van der Waals surface area contributed by atoms with Gasteiger partial charge in [-0.25, -0.2) is 0 Å². The Morgan fingerprint density at radius 3 is 2.58 bits per heavy atom. The molecule has 0 aliphatic rings. The zero-order chi connectivity index (χ0) is 17.5. The molecule has 0 aliphatic heterocycles. The number of nitrogens with one attached hydrogen (secondary N) is 2. The molecule has 0 heterocycles. The second-order valence-electron chi connectivity index (χ2n) is 5.46. The predicted octanol–water partition coefficient (Wildman–Crippen LogP) is 3.15. The highest BCUT2D eigenvalue weighted by Gasteiger charge is 2.16. The van der Waals surface area contributed by atoms with Crippen LogP contribution in [-0.2, 0) is 4.79 Å². The fourth-order valence-corrected chi connectivity index (χ4v) is 2.18. The summed E-state index contributed by atoms with van der Waals surface area (Å²) in [6.07, 6.45) is -0.653. The van der Waals surface area contributed by atoms with Crippen LogP contribution in [0.5, 0.6) is 5.75 Å². The van der Waals surface area contributed by atoms with Crippen molar-refractivity contribution >= 4 is 17.5 Å². The van der Waals surface area contributed by atoms with Gasteiger partial charge in [-0.1, -0.05) is 24.3 Å². The van der Waals surface area contributed by atoms with Crippen molar-refractivity contribution < 1.29 is 14.3 Å². The minimum absolute atomic E-state index is 0.169. The Morgan fingerprint density at radius 2 is 1.88 bits per heavy atom. The Hall–Kier alpha value is -2.82. The van der Waals surface area contributed by atoms with Gasteiger partial charge in [0.25, 0.3) is 11.8 Å². The maximum Gasteiger partial charge on any atom is 0.265 e. The van der Waals surface area contributed by atoms with Gasteiger partial charge in [-0.2, -0.15) is 0 Å². The first-order chi connectivity index (χ1) is 11.5. The molecular formula is C19H22N2O3. The molecule has 2 N–H and O–H groups in total. The van der Waals surface area contributed by atoms with Crippen LogP contribution in [0.25, 0.3) is 0 Å². The van der Waals surface area contributed by atoms with Crippen LogP contribution in [0, 0.1) is 6.92 Å². The number of amides is 2. The van der Waals surface area contributed by atoms with Crippen molar-refractivity contribution in [3.05, 3.63) is 59.7 Å². The largest absolute Gasteiger partial charge is 0.481 e. The molecule has 0 radical (unpaired) electrons. The van der Waals surface area contributed by atoms with Gasteiger partial charge in [-0.3, -0.25) is 9.59 Å². The predicted molar refractivity (Wildman–Crippen MR) is 94.3 cm³/mol. The van der Waals surface area contributed by atoms with E-state index in [0.717, 1.165) is 5.56 Å². The molecule has 0 aromatic heterocycles. The maximum atomic E-state index is 12.3. The highest BCUT2D eigenvalue weighted by atomic mass is 16.5. The van der Waals surface area contributed by atoms with Crippen molar-refractivity contribution in [2.75, 3.05) is 11.9 Å². The average molecular weight is 326 g/mol. The molecule has 1 unspecified atom stereocenters. The first-order valence-corrected chi connectivity index (χ1v) is 7.92. The topological polar surface area (TPSA) is 67.4 Å². The zero-order valence-electron chi connectivity index (χ0n) is 14.1. The number of aryl methyl sites for hydroxylation is 1. The fourth-order valence-electron chi connectivity index (χ4n) is 2.18. The molecule has 2 amide bonds. The van der Waals surface area contributed by atoms with Crippen LogP contribution >= 0.6 is 0 Å². The first kappa shape index (κ1) is 17.5. The summed E-state index contributed by atoms with van der Waals surface area (Å²) in [7, 11) is 0. The lowest BCUT2D eigenvalue weighted by Gasteiger charge is -2.16. The molecule has 24 heavy (non-hydrogen) atoms. The third-order valence-corrected chi connectivity index (χ3v) is 3.50. The summed E-state index contributed by atoms with van der Waals surface area (Å²) in [5.74, 6) is 0.236. The highest BCUT2D eigenvalue weighted by Crippen LogP contribution is 2.18. The van der Waals surface area contributed by atoms with Crippen molar-refractivity contribution in [3.63, 3.8) is 0 Å². The molecule has 0 bridgehead atoms. The molecule has 2 aromatic rings. The van der Waals surface area contributed by atoms with E-state index >= 15 is 0 Å². The number of para-hydroxylation sites is 1. The lowest BCUT2D eigenvalue weighted by atomic mass is 10.2. The van der Waals surface area contributed by atoms with E-state index in [1.54, 1.807) is 31.2 Å². The van der Waals surface area contributed by atoms with Crippen LogP contribution < -0.4 is 15.4 Å². The lowest BCUT2D eigenvalue weighted by Crippen LogP contribution is -2.30. The third-order valence-electron chi connectivity index (χ3n) is 3.50. The van der Waals surface area contributed by atoms with Gasteiger partial charge in [-0.15, -0.1) is 0 Å². The summed E-state index contributed by atoms with van der Waals surface area (Å²) >= 11 is 0. The Bertz CT molecular complexity index is 728.